The Bertz CT molecular complexity index is 479. The summed E-state index contributed by atoms with van der Waals surface area (Å²) in [6, 6.07) is 4.26. The summed E-state index contributed by atoms with van der Waals surface area (Å²) in [5.41, 5.74) is 1.63. The van der Waals surface area contributed by atoms with E-state index in [-0.39, 0.29) is 5.75 Å². The maximum atomic E-state index is 12.8. The van der Waals surface area contributed by atoms with E-state index in [1.165, 1.54) is 12.1 Å². The Balaban J connectivity index is 2.40. The lowest BCUT2D eigenvalue weighted by molar-refractivity contribution is 0.433. The first-order valence-electron chi connectivity index (χ1n) is 4.72. The smallest absolute Gasteiger partial charge is 0.164 e. The average Bonchev–Trinajstić information content (AvgIpc) is 2.70. The van der Waals surface area contributed by atoms with Crippen molar-refractivity contribution in [2.75, 3.05) is 0 Å². The molecule has 0 bridgehead atoms. The molecule has 0 atom stereocenters. The van der Waals surface area contributed by atoms with Gasteiger partial charge in [0.05, 0.1) is 6.20 Å². The molecule has 0 aliphatic heterocycles. The highest BCUT2D eigenvalue weighted by Gasteiger charge is 2.05. The molecule has 0 saturated heterocycles. The van der Waals surface area contributed by atoms with Crippen molar-refractivity contribution in [1.29, 1.82) is 0 Å². The van der Waals surface area contributed by atoms with E-state index >= 15 is 0 Å². The topological polar surface area (TPSA) is 38.0 Å². The van der Waals surface area contributed by atoms with Gasteiger partial charge in [-0.2, -0.15) is 5.10 Å². The van der Waals surface area contributed by atoms with Crippen LogP contribution in [0.2, 0.25) is 0 Å². The number of benzene rings is 1. The molecule has 1 N–H and O–H groups in total. The predicted octanol–water partition coefficient (Wildman–Crippen LogP) is 2.41. The Kier molecular flexibility index (Phi) is 2.41. The lowest BCUT2D eigenvalue weighted by Crippen LogP contribution is -1.91. The Labute approximate surface area is 86.8 Å². The first-order valence-corrected chi connectivity index (χ1v) is 4.72. The number of phenolic OH excluding ortho intramolecular Hbond substituents is 1. The van der Waals surface area contributed by atoms with Crippen molar-refractivity contribution < 1.29 is 9.50 Å². The third-order valence-electron chi connectivity index (χ3n) is 2.24. The van der Waals surface area contributed by atoms with Gasteiger partial charge in [0, 0.05) is 18.3 Å². The number of hydrogen-bond acceptors (Lipinski definition) is 2. The maximum Gasteiger partial charge on any atom is 0.164 e. The van der Waals surface area contributed by atoms with Gasteiger partial charge < -0.3 is 5.11 Å². The third-order valence-corrected chi connectivity index (χ3v) is 2.24. The van der Waals surface area contributed by atoms with Crippen LogP contribution in [-0.4, -0.2) is 14.9 Å². The van der Waals surface area contributed by atoms with Crippen molar-refractivity contribution in [2.45, 2.75) is 13.5 Å². The molecule has 0 amide bonds. The number of aromatic nitrogens is 2. The van der Waals surface area contributed by atoms with Gasteiger partial charge in [0.15, 0.2) is 11.6 Å². The standard InChI is InChI=1S/C11H11FN2O/c1-2-14-7-9(6-13-14)8-3-4-10(12)11(15)5-8/h3-7,15H,2H2,1H3. The van der Waals surface area contributed by atoms with Gasteiger partial charge in [0.1, 0.15) is 0 Å². The second-order valence-corrected chi connectivity index (χ2v) is 3.25. The van der Waals surface area contributed by atoms with Crippen molar-refractivity contribution in [1.82, 2.24) is 9.78 Å². The summed E-state index contributed by atoms with van der Waals surface area (Å²) < 4.78 is 14.6. The van der Waals surface area contributed by atoms with Crippen LogP contribution in [0.15, 0.2) is 30.6 Å². The molecule has 0 aliphatic carbocycles. The van der Waals surface area contributed by atoms with Crippen LogP contribution in [0.5, 0.6) is 5.75 Å². The molecule has 1 aromatic heterocycles. The molecule has 0 saturated carbocycles. The Morgan fingerprint density at radius 3 is 2.80 bits per heavy atom. The van der Waals surface area contributed by atoms with Crippen LogP contribution in [-0.2, 0) is 6.54 Å². The Morgan fingerprint density at radius 1 is 1.40 bits per heavy atom. The lowest BCUT2D eigenvalue weighted by atomic mass is 10.1. The van der Waals surface area contributed by atoms with Crippen LogP contribution in [0.25, 0.3) is 11.1 Å². The van der Waals surface area contributed by atoms with Crippen LogP contribution >= 0.6 is 0 Å². The van der Waals surface area contributed by atoms with Gasteiger partial charge in [-0.1, -0.05) is 6.07 Å². The molecule has 1 aromatic carbocycles. The largest absolute Gasteiger partial charge is 0.505 e. The van der Waals surface area contributed by atoms with Crippen molar-refractivity contribution in [3.05, 3.63) is 36.4 Å². The van der Waals surface area contributed by atoms with Gasteiger partial charge >= 0.3 is 0 Å². The van der Waals surface area contributed by atoms with Crippen LogP contribution in [0.4, 0.5) is 4.39 Å². The minimum absolute atomic E-state index is 0.336. The van der Waals surface area contributed by atoms with Crippen LogP contribution < -0.4 is 0 Å². The van der Waals surface area contributed by atoms with E-state index in [9.17, 15) is 9.50 Å². The van der Waals surface area contributed by atoms with E-state index < -0.39 is 5.82 Å². The molecule has 2 aromatic rings. The second kappa shape index (κ2) is 3.73. The molecular formula is C11H11FN2O. The average molecular weight is 206 g/mol. The highest BCUT2D eigenvalue weighted by atomic mass is 19.1. The predicted molar refractivity (Wildman–Crippen MR) is 55.0 cm³/mol. The van der Waals surface area contributed by atoms with E-state index in [0.29, 0.717) is 0 Å². The Morgan fingerprint density at radius 2 is 2.20 bits per heavy atom. The van der Waals surface area contributed by atoms with Crippen molar-refractivity contribution in [3.8, 4) is 16.9 Å². The fourth-order valence-corrected chi connectivity index (χ4v) is 1.38. The molecule has 78 valence electrons. The zero-order valence-electron chi connectivity index (χ0n) is 8.31. The monoisotopic (exact) mass is 206 g/mol. The second-order valence-electron chi connectivity index (χ2n) is 3.25. The van der Waals surface area contributed by atoms with Gasteiger partial charge in [-0.25, -0.2) is 4.39 Å². The minimum Gasteiger partial charge on any atom is -0.505 e. The molecule has 0 unspecified atom stereocenters. The molecule has 15 heavy (non-hydrogen) atoms. The number of rotatable bonds is 2. The zero-order chi connectivity index (χ0) is 10.8. The number of hydrogen-bond donors (Lipinski definition) is 1. The SMILES string of the molecule is CCn1cc(-c2ccc(F)c(O)c2)cn1. The van der Waals surface area contributed by atoms with Gasteiger partial charge in [-0.3, -0.25) is 4.68 Å². The van der Waals surface area contributed by atoms with Gasteiger partial charge in [-0.05, 0) is 24.6 Å². The first kappa shape index (κ1) is 9.71. The summed E-state index contributed by atoms with van der Waals surface area (Å²) >= 11 is 0. The normalized spacial score (nSPS) is 10.5. The zero-order valence-corrected chi connectivity index (χ0v) is 8.31. The highest BCUT2D eigenvalue weighted by molar-refractivity contribution is 5.63. The molecule has 0 radical (unpaired) electrons. The van der Waals surface area contributed by atoms with E-state index in [1.54, 1.807) is 16.9 Å². The van der Waals surface area contributed by atoms with E-state index in [0.717, 1.165) is 17.7 Å². The summed E-state index contributed by atoms with van der Waals surface area (Å²) in [7, 11) is 0. The number of aryl methyl sites for hydroxylation is 1. The van der Waals surface area contributed by atoms with Crippen molar-refractivity contribution >= 4 is 0 Å². The molecule has 3 nitrogen and oxygen atoms in total. The van der Waals surface area contributed by atoms with Crippen LogP contribution in [0.3, 0.4) is 0 Å². The Hall–Kier alpha value is -1.84. The molecule has 0 fully saturated rings. The molecule has 1 heterocycles. The summed E-state index contributed by atoms with van der Waals surface area (Å²) in [6.07, 6.45) is 3.54. The fourth-order valence-electron chi connectivity index (χ4n) is 1.38. The van der Waals surface area contributed by atoms with Crippen molar-refractivity contribution in [3.63, 3.8) is 0 Å². The van der Waals surface area contributed by atoms with Crippen molar-refractivity contribution in [2.24, 2.45) is 0 Å². The summed E-state index contributed by atoms with van der Waals surface area (Å²) in [5.74, 6) is -0.946. The van der Waals surface area contributed by atoms with E-state index in [2.05, 4.69) is 5.10 Å². The summed E-state index contributed by atoms with van der Waals surface area (Å²) in [6.45, 7) is 2.77. The van der Waals surface area contributed by atoms with E-state index in [1.807, 2.05) is 13.1 Å². The maximum absolute atomic E-state index is 12.8. The summed E-state index contributed by atoms with van der Waals surface area (Å²) in [5, 5.41) is 13.3. The van der Waals surface area contributed by atoms with Gasteiger partial charge in [0.25, 0.3) is 0 Å². The molecule has 0 spiro atoms. The minimum atomic E-state index is -0.610. The van der Waals surface area contributed by atoms with Gasteiger partial charge in [0.2, 0.25) is 0 Å². The fraction of sp³-hybridized carbons (Fsp3) is 0.182. The summed E-state index contributed by atoms with van der Waals surface area (Å²) in [4.78, 5) is 0. The molecular weight excluding hydrogens is 195 g/mol. The molecule has 2 rings (SSSR count). The number of phenols is 1. The highest BCUT2D eigenvalue weighted by Crippen LogP contribution is 2.24. The third kappa shape index (κ3) is 1.83. The first-order chi connectivity index (χ1) is 7.20. The van der Waals surface area contributed by atoms with Gasteiger partial charge in [-0.15, -0.1) is 0 Å². The van der Waals surface area contributed by atoms with Crippen LogP contribution in [0.1, 0.15) is 6.92 Å². The quantitative estimate of drug-likeness (QED) is 0.819. The van der Waals surface area contributed by atoms with Crippen LogP contribution in [0, 0.1) is 5.82 Å². The molecule has 4 heteroatoms. The number of aromatic hydroxyl groups is 1. The van der Waals surface area contributed by atoms with E-state index in [4.69, 9.17) is 0 Å². The molecule has 0 aliphatic rings. The number of halogens is 1. The lowest BCUT2D eigenvalue weighted by Gasteiger charge is -1.99. The number of nitrogens with zero attached hydrogens (tertiary/aromatic N) is 2.